The summed E-state index contributed by atoms with van der Waals surface area (Å²) in [6.07, 6.45) is 0. The van der Waals surface area contributed by atoms with Gasteiger partial charge in [-0.15, -0.1) is 0 Å². The van der Waals surface area contributed by atoms with E-state index in [0.717, 1.165) is 5.69 Å². The minimum atomic E-state index is 0.0702. The van der Waals surface area contributed by atoms with E-state index >= 15 is 0 Å². The van der Waals surface area contributed by atoms with E-state index in [4.69, 9.17) is 15.9 Å². The number of nitrogens with one attached hydrogen (secondary N) is 1. The van der Waals surface area contributed by atoms with Gasteiger partial charge < -0.3 is 21.3 Å². The highest BCUT2D eigenvalue weighted by atomic mass is 16.3. The van der Waals surface area contributed by atoms with Crippen LogP contribution in [0.25, 0.3) is 0 Å². The Bertz CT molecular complexity index is 263. The molecule has 0 aliphatic rings. The van der Waals surface area contributed by atoms with Crippen molar-refractivity contribution in [1.82, 2.24) is 0 Å². The summed E-state index contributed by atoms with van der Waals surface area (Å²) in [6, 6.07) is 4.82. The largest absolute Gasteiger partial charge is 0.506 e. The van der Waals surface area contributed by atoms with Gasteiger partial charge in [-0.3, -0.25) is 0 Å². The topological polar surface area (TPSA) is 78.5 Å². The lowest BCUT2D eigenvalue weighted by atomic mass is 10.2. The molecule has 5 N–H and O–H groups in total. The molecule has 0 heterocycles. The third-order valence-electron chi connectivity index (χ3n) is 1.47. The van der Waals surface area contributed by atoms with Crippen LogP contribution >= 0.6 is 0 Å². The van der Waals surface area contributed by atoms with E-state index in [-0.39, 0.29) is 12.4 Å². The number of nitrogen functional groups attached to an aromatic ring is 1. The number of hydrogen-bond acceptors (Lipinski definition) is 4. The zero-order chi connectivity index (χ0) is 8.97. The molecule has 1 aromatic rings. The normalized spacial score (nSPS) is 9.75. The molecule has 0 saturated heterocycles. The Morgan fingerprint density at radius 1 is 1.42 bits per heavy atom. The minimum Gasteiger partial charge on any atom is -0.506 e. The van der Waals surface area contributed by atoms with Crippen molar-refractivity contribution < 1.29 is 10.2 Å². The average Bonchev–Trinajstić information content (AvgIpc) is 2.07. The summed E-state index contributed by atoms with van der Waals surface area (Å²) >= 11 is 0. The molecule has 0 aliphatic carbocycles. The average molecular weight is 168 g/mol. The van der Waals surface area contributed by atoms with Gasteiger partial charge in [-0.25, -0.2) is 0 Å². The highest BCUT2D eigenvalue weighted by molar-refractivity contribution is 5.61. The second kappa shape index (κ2) is 3.82. The van der Waals surface area contributed by atoms with E-state index in [1.807, 2.05) is 0 Å². The highest BCUT2D eigenvalue weighted by Crippen LogP contribution is 2.22. The second-order valence-electron chi connectivity index (χ2n) is 2.42. The van der Waals surface area contributed by atoms with Crippen molar-refractivity contribution in [3.8, 4) is 5.75 Å². The highest BCUT2D eigenvalue weighted by Gasteiger charge is 1.96. The Morgan fingerprint density at radius 3 is 2.75 bits per heavy atom. The zero-order valence-corrected chi connectivity index (χ0v) is 6.62. The van der Waals surface area contributed by atoms with E-state index < -0.39 is 0 Å². The fourth-order valence-corrected chi connectivity index (χ4v) is 0.865. The number of rotatable bonds is 3. The molecule has 0 aliphatic heterocycles. The molecule has 0 amide bonds. The Labute approximate surface area is 70.6 Å². The maximum atomic E-state index is 9.07. The lowest BCUT2D eigenvalue weighted by molar-refractivity contribution is 0.311. The Hall–Kier alpha value is -1.42. The van der Waals surface area contributed by atoms with Crippen molar-refractivity contribution in [2.45, 2.75) is 0 Å². The number of phenols is 1. The predicted octanol–water partition coefficient (Wildman–Crippen LogP) is 0.379. The smallest absolute Gasteiger partial charge is 0.138 e. The Morgan fingerprint density at radius 2 is 2.17 bits per heavy atom. The van der Waals surface area contributed by atoms with Crippen LogP contribution in [-0.4, -0.2) is 23.4 Å². The van der Waals surface area contributed by atoms with Gasteiger partial charge in [0, 0.05) is 12.2 Å². The zero-order valence-electron chi connectivity index (χ0n) is 6.62. The third kappa shape index (κ3) is 2.03. The summed E-state index contributed by atoms with van der Waals surface area (Å²) in [4.78, 5) is 0. The van der Waals surface area contributed by atoms with Gasteiger partial charge in [0.15, 0.2) is 0 Å². The molecule has 66 valence electrons. The molecule has 4 heteroatoms. The van der Waals surface area contributed by atoms with Crippen LogP contribution in [0.4, 0.5) is 11.4 Å². The molecular formula is C8H12N2O2. The summed E-state index contributed by atoms with van der Waals surface area (Å²) in [5, 5.41) is 20.5. The molecule has 0 unspecified atom stereocenters. The number of phenolic OH excluding ortho intramolecular Hbond substituents is 1. The van der Waals surface area contributed by atoms with Gasteiger partial charge >= 0.3 is 0 Å². The Balaban J connectivity index is 2.69. The van der Waals surface area contributed by atoms with Crippen molar-refractivity contribution in [2.75, 3.05) is 24.2 Å². The van der Waals surface area contributed by atoms with Crippen molar-refractivity contribution in [2.24, 2.45) is 0 Å². The van der Waals surface area contributed by atoms with Crippen LogP contribution < -0.4 is 11.1 Å². The summed E-state index contributed by atoms with van der Waals surface area (Å²) in [7, 11) is 0. The quantitative estimate of drug-likeness (QED) is 0.299. The molecule has 12 heavy (non-hydrogen) atoms. The molecule has 0 saturated carbocycles. The summed E-state index contributed by atoms with van der Waals surface area (Å²) in [6.45, 7) is 0.547. The van der Waals surface area contributed by atoms with Gasteiger partial charge in [0.05, 0.1) is 12.3 Å². The van der Waals surface area contributed by atoms with Crippen LogP contribution in [0.3, 0.4) is 0 Å². The van der Waals surface area contributed by atoms with Gasteiger partial charge in [-0.05, 0) is 18.2 Å². The summed E-state index contributed by atoms with van der Waals surface area (Å²) in [5.41, 5.74) is 6.56. The molecule has 4 nitrogen and oxygen atoms in total. The van der Waals surface area contributed by atoms with Crippen LogP contribution in [0, 0.1) is 0 Å². The molecule has 0 bridgehead atoms. The molecular weight excluding hydrogens is 156 g/mol. The summed E-state index contributed by atoms with van der Waals surface area (Å²) < 4.78 is 0. The number of hydrogen-bond donors (Lipinski definition) is 4. The predicted molar refractivity (Wildman–Crippen MR) is 48.1 cm³/mol. The number of aromatic hydroxyl groups is 1. The first-order valence-electron chi connectivity index (χ1n) is 3.67. The SMILES string of the molecule is Nc1cc(NCCO)ccc1O. The van der Waals surface area contributed by atoms with E-state index in [9.17, 15) is 0 Å². The van der Waals surface area contributed by atoms with Crippen molar-refractivity contribution in [1.29, 1.82) is 0 Å². The van der Waals surface area contributed by atoms with Crippen molar-refractivity contribution in [3.63, 3.8) is 0 Å². The first-order chi connectivity index (χ1) is 5.74. The van der Waals surface area contributed by atoms with E-state index in [2.05, 4.69) is 5.32 Å². The first kappa shape index (κ1) is 8.67. The second-order valence-corrected chi connectivity index (χ2v) is 2.42. The van der Waals surface area contributed by atoms with E-state index in [1.54, 1.807) is 12.1 Å². The van der Waals surface area contributed by atoms with Crippen molar-refractivity contribution >= 4 is 11.4 Å². The van der Waals surface area contributed by atoms with Gasteiger partial charge in [0.2, 0.25) is 0 Å². The van der Waals surface area contributed by atoms with E-state index in [1.165, 1.54) is 6.07 Å². The van der Waals surface area contributed by atoms with Crippen molar-refractivity contribution in [3.05, 3.63) is 18.2 Å². The minimum absolute atomic E-state index is 0.0702. The molecule has 1 aromatic carbocycles. The molecule has 0 radical (unpaired) electrons. The molecule has 1 rings (SSSR count). The molecule has 0 atom stereocenters. The van der Waals surface area contributed by atoms with Crippen LogP contribution in [0.5, 0.6) is 5.75 Å². The fraction of sp³-hybridized carbons (Fsp3) is 0.250. The molecule has 0 spiro atoms. The maximum absolute atomic E-state index is 9.07. The fourth-order valence-electron chi connectivity index (χ4n) is 0.865. The van der Waals surface area contributed by atoms with Crippen LogP contribution in [-0.2, 0) is 0 Å². The standard InChI is InChI=1S/C8H12N2O2/c9-7-5-6(10-3-4-11)1-2-8(7)12/h1-2,5,10-12H,3-4,9H2. The number of aliphatic hydroxyl groups excluding tert-OH is 1. The lowest BCUT2D eigenvalue weighted by Crippen LogP contribution is -2.05. The molecule has 0 fully saturated rings. The number of aliphatic hydroxyl groups is 1. The van der Waals surface area contributed by atoms with Gasteiger partial charge in [0.25, 0.3) is 0 Å². The van der Waals surface area contributed by atoms with Gasteiger partial charge in [-0.1, -0.05) is 0 Å². The lowest BCUT2D eigenvalue weighted by Gasteiger charge is -2.05. The van der Waals surface area contributed by atoms with Gasteiger partial charge in [-0.2, -0.15) is 0 Å². The van der Waals surface area contributed by atoms with E-state index in [0.29, 0.717) is 12.2 Å². The van der Waals surface area contributed by atoms with Crippen LogP contribution in [0.2, 0.25) is 0 Å². The van der Waals surface area contributed by atoms with Crippen LogP contribution in [0.1, 0.15) is 0 Å². The third-order valence-corrected chi connectivity index (χ3v) is 1.47. The van der Waals surface area contributed by atoms with Crippen LogP contribution in [0.15, 0.2) is 18.2 Å². The Kier molecular flexibility index (Phi) is 2.76. The monoisotopic (exact) mass is 168 g/mol. The first-order valence-corrected chi connectivity index (χ1v) is 3.67. The number of anilines is 2. The molecule has 0 aromatic heterocycles. The van der Waals surface area contributed by atoms with Gasteiger partial charge in [0.1, 0.15) is 5.75 Å². The number of benzene rings is 1. The number of nitrogens with two attached hydrogens (primary N) is 1. The summed E-state index contributed by atoms with van der Waals surface area (Å²) in [5.74, 6) is 0.0737. The maximum Gasteiger partial charge on any atom is 0.138 e.